The Morgan fingerprint density at radius 3 is 2.38 bits per heavy atom. The molecule has 3 aromatic rings. The van der Waals surface area contributed by atoms with Crippen molar-refractivity contribution in [2.45, 2.75) is 0 Å². The van der Waals surface area contributed by atoms with Crippen LogP contribution in [0, 0.1) is 0 Å². The van der Waals surface area contributed by atoms with E-state index >= 15 is 0 Å². The largest absolute Gasteiger partial charge is 0.378 e. The Bertz CT molecular complexity index is 745. The second-order valence-corrected chi connectivity index (χ2v) is 5.55. The van der Waals surface area contributed by atoms with Crippen LogP contribution in [0.2, 0.25) is 5.02 Å². The molecule has 3 rings (SSSR count). The molecule has 106 valence electrons. The summed E-state index contributed by atoms with van der Waals surface area (Å²) in [4.78, 5) is 2.08. The van der Waals surface area contributed by atoms with Gasteiger partial charge in [0.2, 0.25) is 0 Å². The first-order valence-corrected chi connectivity index (χ1v) is 7.10. The molecule has 0 aliphatic heterocycles. The predicted molar refractivity (Wildman–Crippen MR) is 88.8 cm³/mol. The van der Waals surface area contributed by atoms with Crippen LogP contribution in [0.15, 0.2) is 54.6 Å². The summed E-state index contributed by atoms with van der Waals surface area (Å²) in [6.45, 7) is 0. The number of anilines is 1. The zero-order chi connectivity index (χ0) is 14.8. The van der Waals surface area contributed by atoms with Crippen LogP contribution in [0.3, 0.4) is 0 Å². The maximum absolute atomic E-state index is 6.02. The fourth-order valence-corrected chi connectivity index (χ4v) is 2.39. The smallest absolute Gasteiger partial charge is 0.0927 e. The summed E-state index contributed by atoms with van der Waals surface area (Å²) in [6.07, 6.45) is 0. The van der Waals surface area contributed by atoms with Gasteiger partial charge in [0, 0.05) is 30.4 Å². The molecule has 0 saturated heterocycles. The highest BCUT2D eigenvalue weighted by Gasteiger charge is 2.06. The molecule has 0 amide bonds. The number of hydrogen-bond donors (Lipinski definition) is 1. The minimum atomic E-state index is 0.715. The Morgan fingerprint density at radius 2 is 1.71 bits per heavy atom. The molecule has 0 atom stereocenters. The molecule has 2 aromatic carbocycles. The summed E-state index contributed by atoms with van der Waals surface area (Å²) < 4.78 is 0. The van der Waals surface area contributed by atoms with Crippen LogP contribution in [0.1, 0.15) is 0 Å². The molecule has 1 heterocycles. The highest BCUT2D eigenvalue weighted by Crippen LogP contribution is 2.26. The third-order valence-electron chi connectivity index (χ3n) is 3.39. The second kappa shape index (κ2) is 5.62. The lowest BCUT2D eigenvalue weighted by Crippen LogP contribution is -2.07. The minimum Gasteiger partial charge on any atom is -0.378 e. The van der Waals surface area contributed by atoms with Crippen molar-refractivity contribution in [3.05, 3.63) is 59.6 Å². The number of nitrogens with one attached hydrogen (secondary N) is 1. The lowest BCUT2D eigenvalue weighted by Gasteiger charge is -2.12. The molecule has 0 bridgehead atoms. The van der Waals surface area contributed by atoms with E-state index < -0.39 is 0 Å². The molecule has 0 saturated carbocycles. The second-order valence-electron chi connectivity index (χ2n) is 5.12. The maximum atomic E-state index is 6.02. The van der Waals surface area contributed by atoms with Gasteiger partial charge in [-0.25, -0.2) is 0 Å². The van der Waals surface area contributed by atoms with Gasteiger partial charge in [-0.3, -0.25) is 5.10 Å². The lowest BCUT2D eigenvalue weighted by molar-refractivity contribution is 1.10. The van der Waals surface area contributed by atoms with Crippen molar-refractivity contribution in [3.8, 4) is 22.5 Å². The van der Waals surface area contributed by atoms with E-state index in [-0.39, 0.29) is 0 Å². The van der Waals surface area contributed by atoms with Crippen LogP contribution in [-0.2, 0) is 0 Å². The molecular weight excluding hydrogens is 282 g/mol. The van der Waals surface area contributed by atoms with Gasteiger partial charge < -0.3 is 4.90 Å². The monoisotopic (exact) mass is 297 g/mol. The molecule has 3 nitrogen and oxygen atoms in total. The molecule has 0 unspecified atom stereocenters. The fourth-order valence-electron chi connectivity index (χ4n) is 2.20. The van der Waals surface area contributed by atoms with Crippen molar-refractivity contribution in [2.24, 2.45) is 0 Å². The predicted octanol–water partition coefficient (Wildman–Crippen LogP) is 4.46. The minimum absolute atomic E-state index is 0.715. The molecule has 0 aliphatic carbocycles. The van der Waals surface area contributed by atoms with Gasteiger partial charge in [-0.05, 0) is 35.9 Å². The van der Waals surface area contributed by atoms with Crippen LogP contribution >= 0.6 is 11.6 Å². The van der Waals surface area contributed by atoms with E-state index in [1.54, 1.807) is 0 Å². The quantitative estimate of drug-likeness (QED) is 0.774. The molecule has 4 heteroatoms. The number of hydrogen-bond acceptors (Lipinski definition) is 2. The van der Waals surface area contributed by atoms with Crippen molar-refractivity contribution >= 4 is 17.3 Å². The average molecular weight is 298 g/mol. The van der Waals surface area contributed by atoms with Crippen molar-refractivity contribution in [1.82, 2.24) is 10.2 Å². The van der Waals surface area contributed by atoms with Crippen LogP contribution in [-0.4, -0.2) is 24.3 Å². The van der Waals surface area contributed by atoms with E-state index in [0.29, 0.717) is 5.02 Å². The molecule has 0 aliphatic rings. The number of benzene rings is 2. The number of aromatic amines is 1. The number of halogens is 1. The SMILES string of the molecule is CN(C)c1ccc(-c2cc(-c3cccc(Cl)c3)n[nH]2)cc1. The number of rotatable bonds is 3. The third kappa shape index (κ3) is 2.93. The maximum Gasteiger partial charge on any atom is 0.0927 e. The summed E-state index contributed by atoms with van der Waals surface area (Å²) in [5.74, 6) is 0. The van der Waals surface area contributed by atoms with Crippen molar-refractivity contribution in [3.63, 3.8) is 0 Å². The fraction of sp³-hybridized carbons (Fsp3) is 0.118. The van der Waals surface area contributed by atoms with Gasteiger partial charge >= 0.3 is 0 Å². The van der Waals surface area contributed by atoms with E-state index in [9.17, 15) is 0 Å². The van der Waals surface area contributed by atoms with Crippen LogP contribution < -0.4 is 4.90 Å². The Morgan fingerprint density at radius 1 is 0.952 bits per heavy atom. The van der Waals surface area contributed by atoms with E-state index in [1.807, 2.05) is 44.4 Å². The summed E-state index contributed by atoms with van der Waals surface area (Å²) in [5, 5.41) is 8.16. The Labute approximate surface area is 129 Å². The zero-order valence-electron chi connectivity index (χ0n) is 12.0. The summed E-state index contributed by atoms with van der Waals surface area (Å²) >= 11 is 6.02. The van der Waals surface area contributed by atoms with Gasteiger partial charge in [0.05, 0.1) is 11.4 Å². The van der Waals surface area contributed by atoms with E-state index in [4.69, 9.17) is 11.6 Å². The highest BCUT2D eigenvalue weighted by molar-refractivity contribution is 6.30. The van der Waals surface area contributed by atoms with Crippen LogP contribution in [0.25, 0.3) is 22.5 Å². The van der Waals surface area contributed by atoms with Crippen molar-refractivity contribution < 1.29 is 0 Å². The molecule has 1 aromatic heterocycles. The standard InChI is InChI=1S/C17H16ClN3/c1-21(2)15-8-6-12(7-9-15)16-11-17(20-19-16)13-4-3-5-14(18)10-13/h3-11H,1-2H3,(H,19,20). The van der Waals surface area contributed by atoms with E-state index in [2.05, 4.69) is 39.4 Å². The molecular formula is C17H16ClN3. The summed E-state index contributed by atoms with van der Waals surface area (Å²) in [5.41, 5.74) is 5.18. The number of aromatic nitrogens is 2. The normalized spacial score (nSPS) is 10.6. The first-order chi connectivity index (χ1) is 10.1. The summed E-state index contributed by atoms with van der Waals surface area (Å²) in [6, 6.07) is 18.1. The lowest BCUT2D eigenvalue weighted by atomic mass is 10.1. The molecule has 0 spiro atoms. The highest BCUT2D eigenvalue weighted by atomic mass is 35.5. The summed E-state index contributed by atoms with van der Waals surface area (Å²) in [7, 11) is 4.06. The van der Waals surface area contributed by atoms with Gasteiger partial charge in [0.15, 0.2) is 0 Å². The first kappa shape index (κ1) is 13.7. The number of nitrogens with zero attached hydrogens (tertiary/aromatic N) is 2. The molecule has 1 N–H and O–H groups in total. The molecule has 21 heavy (non-hydrogen) atoms. The zero-order valence-corrected chi connectivity index (χ0v) is 12.7. The Hall–Kier alpha value is -2.26. The topological polar surface area (TPSA) is 31.9 Å². The Kier molecular flexibility index (Phi) is 3.67. The van der Waals surface area contributed by atoms with E-state index in [0.717, 1.165) is 22.5 Å². The van der Waals surface area contributed by atoms with Gasteiger partial charge in [0.25, 0.3) is 0 Å². The van der Waals surface area contributed by atoms with Crippen molar-refractivity contribution in [1.29, 1.82) is 0 Å². The molecule has 0 radical (unpaired) electrons. The van der Waals surface area contributed by atoms with Crippen LogP contribution in [0.4, 0.5) is 5.69 Å². The van der Waals surface area contributed by atoms with Crippen molar-refractivity contribution in [2.75, 3.05) is 19.0 Å². The average Bonchev–Trinajstić information content (AvgIpc) is 2.97. The van der Waals surface area contributed by atoms with Gasteiger partial charge in [0.1, 0.15) is 0 Å². The number of H-pyrrole nitrogens is 1. The van der Waals surface area contributed by atoms with Gasteiger partial charge in [-0.15, -0.1) is 0 Å². The first-order valence-electron chi connectivity index (χ1n) is 6.72. The van der Waals surface area contributed by atoms with Gasteiger partial charge in [-0.2, -0.15) is 5.10 Å². The van der Waals surface area contributed by atoms with Crippen LogP contribution in [0.5, 0.6) is 0 Å². The Balaban J connectivity index is 1.91. The molecule has 0 fully saturated rings. The third-order valence-corrected chi connectivity index (χ3v) is 3.63. The van der Waals surface area contributed by atoms with E-state index in [1.165, 1.54) is 5.69 Å². The van der Waals surface area contributed by atoms with Gasteiger partial charge in [-0.1, -0.05) is 35.9 Å².